The van der Waals surface area contributed by atoms with Crippen molar-refractivity contribution in [1.82, 2.24) is 35.5 Å². The molecule has 1 saturated carbocycles. The number of unbranched alkanes of at least 4 members (excludes halogenated alkanes) is 1. The van der Waals surface area contributed by atoms with Crippen LogP contribution in [0.4, 0.5) is 4.39 Å². The molecule has 198 valence electrons. The van der Waals surface area contributed by atoms with Crippen LogP contribution in [0.1, 0.15) is 69.9 Å². The molecule has 6 rings (SSSR count). The highest BCUT2D eigenvalue weighted by Crippen LogP contribution is 2.48. The van der Waals surface area contributed by atoms with E-state index in [1.165, 1.54) is 11.6 Å². The molecule has 39 heavy (non-hydrogen) atoms. The summed E-state index contributed by atoms with van der Waals surface area (Å²) in [5.41, 5.74) is 8.03. The number of allylic oxidation sites excluding steroid dienone is 1. The number of hydrogen-bond acceptors (Lipinski definition) is 6. The van der Waals surface area contributed by atoms with Crippen LogP contribution in [0.15, 0.2) is 60.4 Å². The Labute approximate surface area is 226 Å². The first-order chi connectivity index (χ1) is 19.0. The van der Waals surface area contributed by atoms with Crippen molar-refractivity contribution in [2.45, 2.75) is 58.5 Å². The molecule has 1 aromatic carbocycles. The molecule has 3 aromatic heterocycles. The summed E-state index contributed by atoms with van der Waals surface area (Å²) in [6.45, 7) is 2.95. The number of rotatable bonds is 10. The number of hydrogen-bond donors (Lipinski definition) is 1. The highest BCUT2D eigenvalue weighted by Gasteiger charge is 2.35. The van der Waals surface area contributed by atoms with Crippen molar-refractivity contribution < 1.29 is 9.18 Å². The van der Waals surface area contributed by atoms with E-state index in [-0.39, 0.29) is 11.7 Å². The van der Waals surface area contributed by atoms with E-state index in [1.807, 2.05) is 31.2 Å². The molecule has 0 unspecified atom stereocenters. The summed E-state index contributed by atoms with van der Waals surface area (Å²) in [6, 6.07) is 13.0. The van der Waals surface area contributed by atoms with Gasteiger partial charge in [-0.25, -0.2) is 4.39 Å². The van der Waals surface area contributed by atoms with Gasteiger partial charge < -0.3 is 5.32 Å². The minimum Gasteiger partial charge on any atom is -0.346 e. The van der Waals surface area contributed by atoms with Crippen LogP contribution in [-0.2, 0) is 25.9 Å². The van der Waals surface area contributed by atoms with Crippen molar-refractivity contribution in [2.24, 2.45) is 5.92 Å². The maximum Gasteiger partial charge on any atom is 0.273 e. The van der Waals surface area contributed by atoms with Crippen molar-refractivity contribution in [1.29, 1.82) is 0 Å². The number of nitrogens with zero attached hydrogens (tertiary/aromatic N) is 6. The van der Waals surface area contributed by atoms with Crippen molar-refractivity contribution >= 4 is 11.5 Å². The van der Waals surface area contributed by atoms with Crippen LogP contribution in [0.2, 0.25) is 0 Å². The molecule has 0 saturated heterocycles. The van der Waals surface area contributed by atoms with Gasteiger partial charge in [0.05, 0.1) is 17.6 Å². The average Bonchev–Trinajstić information content (AvgIpc) is 3.57. The lowest BCUT2D eigenvalue weighted by Gasteiger charge is -2.10. The normalized spacial score (nSPS) is 14.5. The Morgan fingerprint density at radius 3 is 2.74 bits per heavy atom. The molecular weight excluding hydrogens is 493 g/mol. The van der Waals surface area contributed by atoms with Gasteiger partial charge in [-0.3, -0.25) is 14.5 Å². The van der Waals surface area contributed by atoms with Crippen LogP contribution in [-0.4, -0.2) is 36.1 Å². The molecule has 0 spiro atoms. The topological polar surface area (TPSA) is 98.5 Å². The fourth-order valence-electron chi connectivity index (χ4n) is 5.10. The highest BCUT2D eigenvalue weighted by atomic mass is 19.1. The largest absolute Gasteiger partial charge is 0.346 e. The Morgan fingerprint density at radius 1 is 1.08 bits per heavy atom. The Bertz CT molecular complexity index is 1540. The zero-order chi connectivity index (χ0) is 26.8. The molecule has 1 amide bonds. The van der Waals surface area contributed by atoms with Crippen LogP contribution < -0.4 is 5.32 Å². The fourth-order valence-corrected chi connectivity index (χ4v) is 5.10. The molecule has 8 nitrogen and oxygen atoms in total. The van der Waals surface area contributed by atoms with Crippen molar-refractivity contribution in [2.75, 3.05) is 0 Å². The summed E-state index contributed by atoms with van der Waals surface area (Å²) >= 11 is 0. The maximum absolute atomic E-state index is 14.8. The van der Waals surface area contributed by atoms with Crippen LogP contribution in [0.25, 0.3) is 5.57 Å². The second kappa shape index (κ2) is 10.8. The summed E-state index contributed by atoms with van der Waals surface area (Å²) in [6.07, 6.45) is 9.00. The van der Waals surface area contributed by atoms with Gasteiger partial charge in [0.25, 0.3) is 5.91 Å². The van der Waals surface area contributed by atoms with Crippen molar-refractivity contribution in [3.8, 4) is 0 Å². The molecule has 0 aliphatic heterocycles. The lowest BCUT2D eigenvalue weighted by Crippen LogP contribution is -2.23. The van der Waals surface area contributed by atoms with E-state index >= 15 is 0 Å². The molecule has 1 N–H and O–H groups in total. The van der Waals surface area contributed by atoms with Gasteiger partial charge in [0.2, 0.25) is 0 Å². The van der Waals surface area contributed by atoms with Crippen molar-refractivity contribution in [3.05, 3.63) is 106 Å². The molecule has 0 atom stereocenters. The lowest BCUT2D eigenvalue weighted by molar-refractivity contribution is 0.0945. The molecule has 9 heteroatoms. The van der Waals surface area contributed by atoms with E-state index in [2.05, 4.69) is 36.9 Å². The number of fused-ring (bicyclic) bond motifs is 1. The summed E-state index contributed by atoms with van der Waals surface area (Å²) in [5, 5.41) is 20.0. The number of pyridine rings is 1. The van der Waals surface area contributed by atoms with Crippen molar-refractivity contribution in [3.63, 3.8) is 0 Å². The Kier molecular flexibility index (Phi) is 6.96. The van der Waals surface area contributed by atoms with Crippen LogP contribution >= 0.6 is 0 Å². The number of aryl methyl sites for hydroxylation is 3. The van der Waals surface area contributed by atoms with Gasteiger partial charge in [-0.15, -0.1) is 5.10 Å². The molecule has 4 aromatic rings. The standard InChI is InChI=1S/C30H30FN7O/c1-19-9-10-20(16-32-19)17-33-30(39)28-18-38(37-36-28)13-5-4-6-22-14-25-27(35-34-22)15-24(21-11-12-21)29(25)23-7-2-3-8-26(23)31/h2-3,7-10,14,16,18,21H,4-6,11-13,15,17H2,1H3,(H,33,39). The number of carbonyl (C=O) groups is 1. The zero-order valence-corrected chi connectivity index (χ0v) is 21.9. The number of nitrogens with one attached hydrogen (secondary N) is 1. The molecule has 2 aliphatic carbocycles. The van der Waals surface area contributed by atoms with Gasteiger partial charge in [0.15, 0.2) is 5.69 Å². The molecule has 1 fully saturated rings. The first-order valence-electron chi connectivity index (χ1n) is 13.5. The summed E-state index contributed by atoms with van der Waals surface area (Å²) in [4.78, 5) is 16.7. The predicted octanol–water partition coefficient (Wildman–Crippen LogP) is 4.63. The number of halogens is 1. The van der Waals surface area contributed by atoms with E-state index in [9.17, 15) is 9.18 Å². The van der Waals surface area contributed by atoms with Gasteiger partial charge >= 0.3 is 0 Å². The van der Waals surface area contributed by atoms with Gasteiger partial charge in [0, 0.05) is 42.5 Å². The number of aromatic nitrogens is 6. The van der Waals surface area contributed by atoms with E-state index < -0.39 is 0 Å². The SMILES string of the molecule is Cc1ccc(CNC(=O)c2cn(CCCCc3cc4c(nn3)CC(C3CC3)=C4c3ccccc3F)nn2)cn1. The van der Waals surface area contributed by atoms with E-state index in [0.29, 0.717) is 30.3 Å². The predicted molar refractivity (Wildman–Crippen MR) is 144 cm³/mol. The van der Waals surface area contributed by atoms with Gasteiger partial charge in [-0.2, -0.15) is 10.2 Å². The third kappa shape index (κ3) is 5.62. The summed E-state index contributed by atoms with van der Waals surface area (Å²) in [7, 11) is 0. The first-order valence-corrected chi connectivity index (χ1v) is 13.5. The Balaban J connectivity index is 1.04. The van der Waals surface area contributed by atoms with Crippen LogP contribution in [0.3, 0.4) is 0 Å². The number of carbonyl (C=O) groups excluding carboxylic acids is 1. The summed E-state index contributed by atoms with van der Waals surface area (Å²) < 4.78 is 16.5. The second-order valence-corrected chi connectivity index (χ2v) is 10.3. The molecule has 2 aliphatic rings. The minimum absolute atomic E-state index is 0.190. The molecule has 0 radical (unpaired) electrons. The fraction of sp³-hybridized carbons (Fsp3) is 0.333. The molecule has 0 bridgehead atoms. The Hall–Kier alpha value is -4.27. The Morgan fingerprint density at radius 2 is 1.95 bits per heavy atom. The monoisotopic (exact) mass is 523 g/mol. The third-order valence-electron chi connectivity index (χ3n) is 7.35. The van der Waals surface area contributed by atoms with Gasteiger partial charge in [-0.1, -0.05) is 35.1 Å². The van der Waals surface area contributed by atoms with E-state index in [0.717, 1.165) is 72.3 Å². The van der Waals surface area contributed by atoms with Crippen LogP contribution in [0, 0.1) is 18.7 Å². The third-order valence-corrected chi connectivity index (χ3v) is 7.35. The smallest absolute Gasteiger partial charge is 0.273 e. The van der Waals surface area contributed by atoms with E-state index in [1.54, 1.807) is 23.1 Å². The minimum atomic E-state index is -0.264. The zero-order valence-electron chi connectivity index (χ0n) is 21.9. The van der Waals surface area contributed by atoms with Gasteiger partial charge in [-0.05, 0) is 74.3 Å². The van der Waals surface area contributed by atoms with E-state index in [4.69, 9.17) is 0 Å². The highest BCUT2D eigenvalue weighted by molar-refractivity contribution is 5.91. The lowest BCUT2D eigenvalue weighted by atomic mass is 9.95. The molecule has 3 heterocycles. The van der Waals surface area contributed by atoms with Crippen LogP contribution in [0.5, 0.6) is 0 Å². The molecular formula is C30H30FN7O. The first kappa shape index (κ1) is 25.0. The van der Waals surface area contributed by atoms with Gasteiger partial charge in [0.1, 0.15) is 5.82 Å². The number of amides is 1. The average molecular weight is 524 g/mol. The number of benzene rings is 1. The summed E-state index contributed by atoms with van der Waals surface area (Å²) in [5.74, 6) is 0.0796. The quantitative estimate of drug-likeness (QED) is 0.304. The maximum atomic E-state index is 14.8. The second-order valence-electron chi connectivity index (χ2n) is 10.3.